The van der Waals surface area contributed by atoms with Gasteiger partial charge in [0.1, 0.15) is 23.5 Å². The van der Waals surface area contributed by atoms with E-state index in [1.807, 2.05) is 12.1 Å². The molecule has 2 heterocycles. The second kappa shape index (κ2) is 6.40. The number of rotatable bonds is 4. The Balaban J connectivity index is 1.56. The van der Waals surface area contributed by atoms with E-state index in [9.17, 15) is 0 Å². The van der Waals surface area contributed by atoms with Crippen LogP contribution in [0.3, 0.4) is 0 Å². The topological polar surface area (TPSA) is 47.5 Å². The molecular formula is C19H23N3O2. The molecule has 0 unspecified atom stereocenters. The number of aromatic nitrogens is 2. The number of hydrogen-bond acceptors (Lipinski definition) is 5. The minimum absolute atomic E-state index is 0.0356. The average Bonchev–Trinajstić information content (AvgIpc) is 3.46. The van der Waals surface area contributed by atoms with Crippen molar-refractivity contribution in [2.24, 2.45) is 0 Å². The highest BCUT2D eigenvalue weighted by molar-refractivity contribution is 5.42. The lowest BCUT2D eigenvalue weighted by Gasteiger charge is -2.34. The Bertz CT molecular complexity index is 730. The highest BCUT2D eigenvalue weighted by Gasteiger charge is 2.29. The fourth-order valence-electron chi connectivity index (χ4n) is 3.16. The van der Waals surface area contributed by atoms with E-state index in [1.54, 1.807) is 7.11 Å². The summed E-state index contributed by atoms with van der Waals surface area (Å²) in [4.78, 5) is 11.7. The number of methoxy groups -OCH3 is 1. The van der Waals surface area contributed by atoms with Gasteiger partial charge >= 0.3 is 0 Å². The van der Waals surface area contributed by atoms with Gasteiger partial charge in [0.2, 0.25) is 0 Å². The summed E-state index contributed by atoms with van der Waals surface area (Å²) in [6, 6.07) is 10.2. The van der Waals surface area contributed by atoms with Crippen molar-refractivity contribution in [3.05, 3.63) is 47.4 Å². The number of benzene rings is 1. The van der Waals surface area contributed by atoms with E-state index in [0.29, 0.717) is 12.5 Å². The van der Waals surface area contributed by atoms with Crippen LogP contribution in [0.5, 0.6) is 5.75 Å². The molecule has 0 radical (unpaired) electrons. The van der Waals surface area contributed by atoms with Gasteiger partial charge in [-0.25, -0.2) is 9.97 Å². The van der Waals surface area contributed by atoms with Crippen LogP contribution in [0.1, 0.15) is 41.9 Å². The quantitative estimate of drug-likeness (QED) is 0.863. The second-order valence-corrected chi connectivity index (χ2v) is 6.58. The van der Waals surface area contributed by atoms with E-state index in [2.05, 4.69) is 35.0 Å². The molecule has 0 bridgehead atoms. The maximum absolute atomic E-state index is 5.99. The van der Waals surface area contributed by atoms with Crippen molar-refractivity contribution in [3.63, 3.8) is 0 Å². The van der Waals surface area contributed by atoms with E-state index in [4.69, 9.17) is 14.5 Å². The van der Waals surface area contributed by atoms with E-state index in [0.717, 1.165) is 41.7 Å². The summed E-state index contributed by atoms with van der Waals surface area (Å²) in [7, 11) is 1.69. The molecule has 5 nitrogen and oxygen atoms in total. The third-order valence-corrected chi connectivity index (χ3v) is 4.66. The van der Waals surface area contributed by atoms with Crippen LogP contribution < -0.4 is 9.64 Å². The van der Waals surface area contributed by atoms with Crippen LogP contribution >= 0.6 is 0 Å². The Morgan fingerprint density at radius 2 is 2.08 bits per heavy atom. The van der Waals surface area contributed by atoms with E-state index >= 15 is 0 Å². The van der Waals surface area contributed by atoms with Gasteiger partial charge < -0.3 is 14.4 Å². The maximum Gasteiger partial charge on any atom is 0.134 e. The normalized spacial score (nSPS) is 20.9. The van der Waals surface area contributed by atoms with Crippen LogP contribution in [-0.2, 0) is 4.74 Å². The first-order valence-electron chi connectivity index (χ1n) is 8.59. The van der Waals surface area contributed by atoms with Gasteiger partial charge in [0.05, 0.1) is 13.7 Å². The molecule has 1 aliphatic carbocycles. The number of anilines is 1. The number of nitrogens with zero attached hydrogens (tertiary/aromatic N) is 3. The summed E-state index contributed by atoms with van der Waals surface area (Å²) in [6.45, 7) is 4.41. The summed E-state index contributed by atoms with van der Waals surface area (Å²) < 4.78 is 11.3. The van der Waals surface area contributed by atoms with Gasteiger partial charge in [0.15, 0.2) is 0 Å². The molecule has 2 aliphatic rings. The van der Waals surface area contributed by atoms with E-state index in [-0.39, 0.29) is 6.10 Å². The highest BCUT2D eigenvalue weighted by atomic mass is 16.5. The molecular weight excluding hydrogens is 302 g/mol. The van der Waals surface area contributed by atoms with Crippen molar-refractivity contribution < 1.29 is 9.47 Å². The van der Waals surface area contributed by atoms with Gasteiger partial charge in [-0.3, -0.25) is 0 Å². The number of ether oxygens (including phenoxy) is 2. The van der Waals surface area contributed by atoms with Crippen LogP contribution in [0.25, 0.3) is 0 Å². The molecule has 1 aromatic carbocycles. The molecule has 2 aromatic rings. The molecule has 1 aromatic heterocycles. The van der Waals surface area contributed by atoms with Gasteiger partial charge in [-0.2, -0.15) is 0 Å². The molecule has 5 heteroatoms. The number of aryl methyl sites for hydroxylation is 1. The lowest BCUT2D eigenvalue weighted by atomic mass is 10.1. The van der Waals surface area contributed by atoms with E-state index in [1.165, 1.54) is 12.8 Å². The summed E-state index contributed by atoms with van der Waals surface area (Å²) >= 11 is 0. The Morgan fingerprint density at radius 3 is 2.88 bits per heavy atom. The predicted octanol–water partition coefficient (Wildman–Crippen LogP) is 3.25. The molecule has 1 atom stereocenters. The van der Waals surface area contributed by atoms with Crippen molar-refractivity contribution in [1.29, 1.82) is 0 Å². The van der Waals surface area contributed by atoms with Crippen LogP contribution in [0.4, 0.5) is 5.82 Å². The van der Waals surface area contributed by atoms with Crippen LogP contribution in [0, 0.1) is 6.92 Å². The largest absolute Gasteiger partial charge is 0.497 e. The smallest absolute Gasteiger partial charge is 0.134 e. The molecule has 1 saturated heterocycles. The summed E-state index contributed by atoms with van der Waals surface area (Å²) in [5.41, 5.74) is 2.19. The molecule has 4 rings (SSSR count). The zero-order valence-corrected chi connectivity index (χ0v) is 14.2. The average molecular weight is 325 g/mol. The molecule has 0 spiro atoms. The second-order valence-electron chi connectivity index (χ2n) is 6.58. The zero-order valence-electron chi connectivity index (χ0n) is 14.2. The van der Waals surface area contributed by atoms with Crippen molar-refractivity contribution in [2.45, 2.75) is 31.8 Å². The van der Waals surface area contributed by atoms with Crippen molar-refractivity contribution in [2.75, 3.05) is 31.7 Å². The third kappa shape index (κ3) is 3.22. The number of morpholine rings is 1. The Kier molecular flexibility index (Phi) is 4.10. The lowest BCUT2D eigenvalue weighted by Crippen LogP contribution is -2.39. The lowest BCUT2D eigenvalue weighted by molar-refractivity contribution is 0.0394. The molecule has 24 heavy (non-hydrogen) atoms. The number of hydrogen-bond donors (Lipinski definition) is 0. The van der Waals surface area contributed by atoms with Crippen molar-refractivity contribution in [1.82, 2.24) is 9.97 Å². The van der Waals surface area contributed by atoms with Crippen LogP contribution in [0.2, 0.25) is 0 Å². The fourth-order valence-corrected chi connectivity index (χ4v) is 3.16. The standard InChI is InChI=1S/C19H23N3O2/c1-13-10-18(21-19(20-13)14-6-7-14)22-8-9-24-17(12-22)15-4-3-5-16(11-15)23-2/h3-5,10-11,14,17H,6-9,12H2,1-2H3/t17-/m1/s1. The van der Waals surface area contributed by atoms with Gasteiger partial charge in [0.25, 0.3) is 0 Å². The SMILES string of the molecule is COc1cccc([C@H]2CN(c3cc(C)nc(C4CC4)n3)CCO2)c1. The molecule has 1 aliphatic heterocycles. The highest BCUT2D eigenvalue weighted by Crippen LogP contribution is 2.39. The predicted molar refractivity (Wildman–Crippen MR) is 92.6 cm³/mol. The maximum atomic E-state index is 5.99. The third-order valence-electron chi connectivity index (χ3n) is 4.66. The minimum Gasteiger partial charge on any atom is -0.497 e. The van der Waals surface area contributed by atoms with E-state index < -0.39 is 0 Å². The molecule has 0 N–H and O–H groups in total. The molecule has 126 valence electrons. The molecule has 2 fully saturated rings. The van der Waals surface area contributed by atoms with Gasteiger partial charge in [-0.05, 0) is 37.5 Å². The summed E-state index contributed by atoms with van der Waals surface area (Å²) in [5.74, 6) is 3.47. The zero-order chi connectivity index (χ0) is 16.5. The Labute approximate surface area is 142 Å². The Morgan fingerprint density at radius 1 is 1.21 bits per heavy atom. The van der Waals surface area contributed by atoms with Crippen LogP contribution in [-0.4, -0.2) is 36.8 Å². The summed E-state index contributed by atoms with van der Waals surface area (Å²) in [6.07, 6.45) is 2.48. The van der Waals surface area contributed by atoms with Crippen LogP contribution in [0.15, 0.2) is 30.3 Å². The molecule has 0 amide bonds. The first-order valence-corrected chi connectivity index (χ1v) is 8.59. The Hall–Kier alpha value is -2.14. The van der Waals surface area contributed by atoms with Crippen molar-refractivity contribution in [3.8, 4) is 5.75 Å². The molecule has 1 saturated carbocycles. The first-order chi connectivity index (χ1) is 11.7. The van der Waals surface area contributed by atoms with Gasteiger partial charge in [-0.1, -0.05) is 12.1 Å². The van der Waals surface area contributed by atoms with Gasteiger partial charge in [-0.15, -0.1) is 0 Å². The summed E-state index contributed by atoms with van der Waals surface area (Å²) in [5, 5.41) is 0. The first kappa shape index (κ1) is 15.4. The van der Waals surface area contributed by atoms with Crippen molar-refractivity contribution >= 4 is 5.82 Å². The monoisotopic (exact) mass is 325 g/mol. The van der Waals surface area contributed by atoms with Gasteiger partial charge in [0, 0.05) is 30.8 Å². The minimum atomic E-state index is 0.0356. The fraction of sp³-hybridized carbons (Fsp3) is 0.474.